The number of fused-ring (bicyclic) bond motifs is 13. The van der Waals surface area contributed by atoms with Crippen LogP contribution in [-0.4, -0.2) is 28.2 Å². The SMILES string of the molecule is CN1C(c2cccc(-n3c4ccccc4c4c5c(ccc43)C3(c4ccccc4S5)c4ccccc4-c4ccccc43)c2)=NC(c2ccccc2)=NC1c1ccc(-c2ccccc2)cc1. The lowest BCUT2D eigenvalue weighted by Crippen LogP contribution is -2.35. The zero-order valence-corrected chi connectivity index (χ0v) is 35.9. The van der Waals surface area contributed by atoms with Gasteiger partial charge >= 0.3 is 0 Å². The first-order valence-electron chi connectivity index (χ1n) is 21.9. The highest BCUT2D eigenvalue weighted by Crippen LogP contribution is 2.63. The van der Waals surface area contributed by atoms with Crippen LogP contribution in [-0.2, 0) is 5.41 Å². The van der Waals surface area contributed by atoms with E-state index in [0.29, 0.717) is 0 Å². The molecule has 1 aromatic heterocycles. The average molecular weight is 837 g/mol. The van der Waals surface area contributed by atoms with Gasteiger partial charge in [-0.05, 0) is 80.4 Å². The Kier molecular flexibility index (Phi) is 8.31. The summed E-state index contributed by atoms with van der Waals surface area (Å²) < 4.78 is 2.45. The zero-order valence-electron chi connectivity index (χ0n) is 35.1. The largest absolute Gasteiger partial charge is 0.333 e. The lowest BCUT2D eigenvalue weighted by molar-refractivity contribution is 0.383. The Bertz CT molecular complexity index is 3500. The minimum absolute atomic E-state index is 0.269. The molecule has 2 aliphatic heterocycles. The van der Waals surface area contributed by atoms with Crippen LogP contribution in [0.5, 0.6) is 0 Å². The van der Waals surface area contributed by atoms with Crippen molar-refractivity contribution in [2.45, 2.75) is 21.4 Å². The van der Waals surface area contributed by atoms with Crippen LogP contribution in [0.3, 0.4) is 0 Å². The molecule has 4 nitrogen and oxygen atoms in total. The molecule has 9 aromatic carbocycles. The summed E-state index contributed by atoms with van der Waals surface area (Å²) in [6, 6.07) is 79.5. The maximum absolute atomic E-state index is 5.33. The second-order valence-corrected chi connectivity index (χ2v) is 18.0. The summed E-state index contributed by atoms with van der Waals surface area (Å²) in [6.45, 7) is 0. The molecule has 1 unspecified atom stereocenters. The van der Waals surface area contributed by atoms with Crippen molar-refractivity contribution >= 4 is 45.2 Å². The van der Waals surface area contributed by atoms with E-state index in [1.807, 2.05) is 17.8 Å². The summed E-state index contributed by atoms with van der Waals surface area (Å²) in [7, 11) is 2.11. The van der Waals surface area contributed by atoms with Gasteiger partial charge in [-0.25, -0.2) is 9.98 Å². The molecule has 0 saturated carbocycles. The molecule has 3 heterocycles. The molecule has 5 heteroatoms. The van der Waals surface area contributed by atoms with Gasteiger partial charge in [0.15, 0.2) is 5.84 Å². The predicted octanol–water partition coefficient (Wildman–Crippen LogP) is 14.1. The predicted molar refractivity (Wildman–Crippen MR) is 264 cm³/mol. The second kappa shape index (κ2) is 14.4. The molecule has 64 heavy (non-hydrogen) atoms. The number of nitrogens with zero attached hydrogens (tertiary/aromatic N) is 4. The van der Waals surface area contributed by atoms with E-state index in [1.165, 1.54) is 76.1 Å². The number of hydrogen-bond donors (Lipinski definition) is 0. The first kappa shape index (κ1) is 36.9. The first-order valence-corrected chi connectivity index (χ1v) is 22.7. The molecule has 0 bridgehead atoms. The number of para-hydroxylation sites is 1. The Morgan fingerprint density at radius 2 is 1.09 bits per heavy atom. The highest BCUT2D eigenvalue weighted by molar-refractivity contribution is 7.99. The molecule has 13 rings (SSSR count). The van der Waals surface area contributed by atoms with Gasteiger partial charge in [-0.1, -0.05) is 200 Å². The van der Waals surface area contributed by atoms with E-state index in [2.05, 4.69) is 229 Å². The lowest BCUT2D eigenvalue weighted by Gasteiger charge is -2.40. The van der Waals surface area contributed by atoms with Crippen LogP contribution in [0.4, 0.5) is 0 Å². The van der Waals surface area contributed by atoms with Crippen molar-refractivity contribution in [2.75, 3.05) is 7.05 Å². The third kappa shape index (κ3) is 5.37. The molecule has 0 N–H and O–H groups in total. The van der Waals surface area contributed by atoms with Crippen molar-refractivity contribution in [1.82, 2.24) is 9.47 Å². The van der Waals surface area contributed by atoms with Crippen LogP contribution in [0.25, 0.3) is 49.7 Å². The summed E-state index contributed by atoms with van der Waals surface area (Å²) in [5.41, 5.74) is 16.5. The number of benzene rings is 9. The van der Waals surface area contributed by atoms with E-state index in [9.17, 15) is 0 Å². The van der Waals surface area contributed by atoms with Gasteiger partial charge in [-0.3, -0.25) is 0 Å². The summed E-state index contributed by atoms with van der Waals surface area (Å²) in [6.07, 6.45) is -0.269. The Balaban J connectivity index is 0.981. The van der Waals surface area contributed by atoms with Gasteiger partial charge in [0.05, 0.1) is 16.4 Å². The van der Waals surface area contributed by atoms with Crippen LogP contribution in [0, 0.1) is 0 Å². The number of hydrogen-bond acceptors (Lipinski definition) is 4. The van der Waals surface area contributed by atoms with Gasteiger partial charge in [0.25, 0.3) is 0 Å². The van der Waals surface area contributed by atoms with Crippen molar-refractivity contribution in [3.05, 3.63) is 257 Å². The fourth-order valence-corrected chi connectivity index (χ4v) is 12.1. The number of aromatic nitrogens is 1. The molecule has 1 aliphatic carbocycles. The summed E-state index contributed by atoms with van der Waals surface area (Å²) in [5.74, 6) is 1.60. The van der Waals surface area contributed by atoms with Gasteiger partial charge in [-0.2, -0.15) is 0 Å². The van der Waals surface area contributed by atoms with E-state index in [-0.39, 0.29) is 6.17 Å². The molecule has 302 valence electrons. The molecule has 1 atom stereocenters. The van der Waals surface area contributed by atoms with Crippen molar-refractivity contribution < 1.29 is 0 Å². The molecule has 0 amide bonds. The van der Waals surface area contributed by atoms with Crippen molar-refractivity contribution in [2.24, 2.45) is 9.98 Å². The standard InChI is InChI=1S/C59H40N4S/c1-62-57(41-33-31-39(32-34-41)38-17-4-2-5-18-38)60-56(40-19-6-3-7-20-40)61-58(62)42-21-16-22-43(37-42)63-51-29-14-10-25-46(51)54-52(63)36-35-50-55(54)64-53-30-15-13-28-49(53)59(50)47-26-11-8-23-44(47)45-24-9-12-27-48(45)59/h2-37,57H,1H3. The molecular weight excluding hydrogens is 797 g/mol. The molecule has 0 saturated heterocycles. The normalized spacial score (nSPS) is 15.6. The van der Waals surface area contributed by atoms with Gasteiger partial charge in [0, 0.05) is 44.4 Å². The quantitative estimate of drug-likeness (QED) is 0.173. The molecule has 0 fully saturated rings. The highest BCUT2D eigenvalue weighted by Gasteiger charge is 2.50. The van der Waals surface area contributed by atoms with Crippen LogP contribution in [0.2, 0.25) is 0 Å². The van der Waals surface area contributed by atoms with E-state index in [1.54, 1.807) is 0 Å². The Morgan fingerprint density at radius 1 is 0.484 bits per heavy atom. The number of rotatable bonds is 5. The summed E-state index contributed by atoms with van der Waals surface area (Å²) >= 11 is 1.92. The Labute approximate surface area is 376 Å². The minimum atomic E-state index is -0.443. The topological polar surface area (TPSA) is 32.9 Å². The van der Waals surface area contributed by atoms with Crippen LogP contribution in [0.1, 0.15) is 45.1 Å². The highest BCUT2D eigenvalue weighted by atomic mass is 32.2. The van der Waals surface area contributed by atoms with E-state index >= 15 is 0 Å². The minimum Gasteiger partial charge on any atom is -0.333 e. The molecule has 0 radical (unpaired) electrons. The van der Waals surface area contributed by atoms with Crippen molar-refractivity contribution in [3.63, 3.8) is 0 Å². The second-order valence-electron chi connectivity index (χ2n) is 16.9. The zero-order chi connectivity index (χ0) is 42.4. The average Bonchev–Trinajstić information content (AvgIpc) is 3.86. The van der Waals surface area contributed by atoms with Gasteiger partial charge in [0.1, 0.15) is 12.0 Å². The monoisotopic (exact) mass is 836 g/mol. The molecule has 3 aliphatic rings. The van der Waals surface area contributed by atoms with E-state index < -0.39 is 5.41 Å². The smallest absolute Gasteiger partial charge is 0.159 e. The van der Waals surface area contributed by atoms with Gasteiger partial charge in [-0.15, -0.1) is 0 Å². The number of amidine groups is 2. The van der Waals surface area contributed by atoms with E-state index in [4.69, 9.17) is 9.98 Å². The fourth-order valence-electron chi connectivity index (χ4n) is 10.7. The third-order valence-corrected chi connectivity index (χ3v) is 14.7. The van der Waals surface area contributed by atoms with Crippen LogP contribution in [0.15, 0.2) is 238 Å². The summed E-state index contributed by atoms with van der Waals surface area (Å²) in [4.78, 5) is 15.5. The Morgan fingerprint density at radius 3 is 1.84 bits per heavy atom. The molecule has 1 spiro atoms. The Hall–Kier alpha value is -7.73. The van der Waals surface area contributed by atoms with Crippen molar-refractivity contribution in [3.8, 4) is 27.9 Å². The van der Waals surface area contributed by atoms with Gasteiger partial charge < -0.3 is 9.47 Å². The third-order valence-electron chi connectivity index (χ3n) is 13.5. The van der Waals surface area contributed by atoms with Crippen LogP contribution >= 0.6 is 11.8 Å². The van der Waals surface area contributed by atoms with Crippen molar-refractivity contribution in [1.29, 1.82) is 0 Å². The summed E-state index contributed by atoms with van der Waals surface area (Å²) in [5, 5.41) is 2.52. The molecular formula is C59H40N4S. The fraction of sp³-hybridized carbons (Fsp3) is 0.0508. The lowest BCUT2D eigenvalue weighted by atomic mass is 9.67. The van der Waals surface area contributed by atoms with Crippen LogP contribution < -0.4 is 0 Å². The van der Waals surface area contributed by atoms with E-state index in [0.717, 1.165) is 34.0 Å². The maximum Gasteiger partial charge on any atom is 0.159 e. The number of aliphatic imine (C=N–C) groups is 2. The first-order chi connectivity index (χ1) is 31.7. The van der Waals surface area contributed by atoms with Gasteiger partial charge in [0.2, 0.25) is 0 Å². The maximum atomic E-state index is 5.33. The molecule has 10 aromatic rings.